The number of hydrogen-bond acceptors (Lipinski definition) is 0. The SMILES string of the molecule is CC[PH+](CC)CC.[Cl][Ni].c1cc[cH-]c1. The molecule has 3 heteroatoms. The van der Waals surface area contributed by atoms with E-state index in [1.165, 1.54) is 18.5 Å². The van der Waals surface area contributed by atoms with Crippen LogP contribution in [-0.2, 0) is 14.6 Å². The minimum absolute atomic E-state index is 0.137. The predicted octanol–water partition coefficient (Wildman–Crippen LogP) is 4.35. The van der Waals surface area contributed by atoms with Crippen LogP contribution in [0.1, 0.15) is 20.8 Å². The zero-order valence-electron chi connectivity index (χ0n) is 9.20. The van der Waals surface area contributed by atoms with Gasteiger partial charge in [0.25, 0.3) is 0 Å². The Kier molecular flexibility index (Phi) is 19.4. The maximum atomic E-state index is 4.26. The number of rotatable bonds is 3. The van der Waals surface area contributed by atoms with Crippen LogP contribution >= 0.6 is 18.1 Å². The Morgan fingerprint density at radius 1 is 1.00 bits per heavy atom. The van der Waals surface area contributed by atoms with Crippen LogP contribution < -0.4 is 0 Å². The molecule has 87 valence electrons. The molecule has 0 aliphatic rings. The quantitative estimate of drug-likeness (QED) is 0.438. The largest absolute Gasteiger partial charge is 0.214 e. The maximum Gasteiger partial charge on any atom is -0.172 e. The Bertz CT molecular complexity index is 128. The van der Waals surface area contributed by atoms with Gasteiger partial charge in [-0.3, -0.25) is 0 Å². The van der Waals surface area contributed by atoms with E-state index in [4.69, 9.17) is 0 Å². The van der Waals surface area contributed by atoms with E-state index in [0.29, 0.717) is 0 Å². The third-order valence-corrected chi connectivity index (χ3v) is 5.06. The van der Waals surface area contributed by atoms with Gasteiger partial charge in [-0.05, 0) is 28.7 Å². The van der Waals surface area contributed by atoms with Gasteiger partial charge in [0.05, 0.1) is 18.5 Å². The molecule has 0 atom stereocenters. The van der Waals surface area contributed by atoms with Gasteiger partial charge in [0.15, 0.2) is 0 Å². The molecule has 0 aliphatic carbocycles. The molecule has 0 aliphatic heterocycles. The van der Waals surface area contributed by atoms with Crippen molar-refractivity contribution < 1.29 is 14.6 Å². The van der Waals surface area contributed by atoms with Crippen molar-refractivity contribution in [2.45, 2.75) is 20.8 Å². The van der Waals surface area contributed by atoms with E-state index in [1.807, 2.05) is 30.3 Å². The van der Waals surface area contributed by atoms with Crippen molar-refractivity contribution in [1.29, 1.82) is 0 Å². The van der Waals surface area contributed by atoms with Crippen LogP contribution in [0.3, 0.4) is 0 Å². The van der Waals surface area contributed by atoms with Crippen molar-refractivity contribution >= 4 is 18.1 Å². The second kappa shape index (κ2) is 16.0. The van der Waals surface area contributed by atoms with Crippen LogP contribution in [0.25, 0.3) is 0 Å². The molecule has 14 heavy (non-hydrogen) atoms. The average molecular weight is 278 g/mol. The summed E-state index contributed by atoms with van der Waals surface area (Å²) in [5, 5.41) is 0. The van der Waals surface area contributed by atoms with Gasteiger partial charge in [-0.25, -0.2) is 12.1 Å². The molecule has 0 aromatic heterocycles. The first-order valence-electron chi connectivity index (χ1n) is 4.97. The van der Waals surface area contributed by atoms with Gasteiger partial charge in [0, 0.05) is 0 Å². The smallest absolute Gasteiger partial charge is 0.172 e. The van der Waals surface area contributed by atoms with Gasteiger partial charge in [-0.2, -0.15) is 18.2 Å². The number of halogens is 1. The molecule has 0 saturated carbocycles. The summed E-state index contributed by atoms with van der Waals surface area (Å²) in [6, 6.07) is 10.0. The van der Waals surface area contributed by atoms with Crippen LogP contribution in [0.4, 0.5) is 0 Å². The predicted molar refractivity (Wildman–Crippen MR) is 67.8 cm³/mol. The van der Waals surface area contributed by atoms with Gasteiger partial charge >= 0.3 is 24.8 Å². The van der Waals surface area contributed by atoms with Crippen LogP contribution in [0.2, 0.25) is 0 Å². The third kappa shape index (κ3) is 12.6. The summed E-state index contributed by atoms with van der Waals surface area (Å²) in [6.07, 6.45) is 4.37. The van der Waals surface area contributed by atoms with E-state index in [2.05, 4.69) is 45.5 Å². The van der Waals surface area contributed by atoms with Gasteiger partial charge in [0.2, 0.25) is 0 Å². The van der Waals surface area contributed by atoms with Gasteiger partial charge in [-0.1, -0.05) is 0 Å². The Morgan fingerprint density at radius 2 is 1.36 bits per heavy atom. The van der Waals surface area contributed by atoms with Gasteiger partial charge < -0.3 is 0 Å². The molecular formula is C11H21ClNiP. The van der Waals surface area contributed by atoms with Crippen molar-refractivity contribution in [3.63, 3.8) is 0 Å². The average Bonchev–Trinajstić information content (AvgIpc) is 2.82. The Balaban J connectivity index is 0. The first-order chi connectivity index (χ1) is 6.85. The van der Waals surface area contributed by atoms with Gasteiger partial charge in [0.1, 0.15) is 0 Å². The summed E-state index contributed by atoms with van der Waals surface area (Å²) in [6.45, 7) is 6.92. The van der Waals surface area contributed by atoms with Crippen LogP contribution in [0.5, 0.6) is 0 Å². The third-order valence-electron chi connectivity index (χ3n) is 2.06. The van der Waals surface area contributed by atoms with Crippen molar-refractivity contribution in [2.75, 3.05) is 18.5 Å². The monoisotopic (exact) mass is 277 g/mol. The molecule has 0 bridgehead atoms. The Labute approximate surface area is 102 Å². The normalized spacial score (nSPS) is 8.50. The Morgan fingerprint density at radius 3 is 1.43 bits per heavy atom. The molecule has 0 nitrogen and oxygen atoms in total. The molecule has 0 unspecified atom stereocenters. The molecule has 0 fully saturated rings. The second-order valence-corrected chi connectivity index (χ2v) is 6.39. The second-order valence-electron chi connectivity index (χ2n) is 2.77. The van der Waals surface area contributed by atoms with E-state index in [0.717, 1.165) is 0 Å². The summed E-state index contributed by atoms with van der Waals surface area (Å²) in [4.78, 5) is 0. The van der Waals surface area contributed by atoms with Crippen LogP contribution in [0, 0.1) is 0 Å². The van der Waals surface area contributed by atoms with Crippen molar-refractivity contribution in [1.82, 2.24) is 0 Å². The minimum Gasteiger partial charge on any atom is -0.214 e. The Hall–Kier alpha value is 0.564. The topological polar surface area (TPSA) is 0 Å². The van der Waals surface area contributed by atoms with Crippen molar-refractivity contribution in [3.05, 3.63) is 30.3 Å². The first kappa shape index (κ1) is 17.0. The molecule has 0 saturated heterocycles. The van der Waals surface area contributed by atoms with E-state index in [1.54, 1.807) is 0 Å². The van der Waals surface area contributed by atoms with Crippen LogP contribution in [0.15, 0.2) is 30.3 Å². The molecule has 1 aromatic rings. The fourth-order valence-electron chi connectivity index (χ4n) is 1.07. The zero-order chi connectivity index (χ0) is 11.2. The molecule has 0 N–H and O–H groups in total. The summed E-state index contributed by atoms with van der Waals surface area (Å²) in [5.74, 6) is 0. The van der Waals surface area contributed by atoms with E-state index >= 15 is 0 Å². The minimum atomic E-state index is 0.137. The molecule has 1 aromatic carbocycles. The molecule has 0 spiro atoms. The maximum absolute atomic E-state index is 4.26. The van der Waals surface area contributed by atoms with Crippen LogP contribution in [-0.4, -0.2) is 18.5 Å². The molecule has 0 heterocycles. The molecule has 0 amide bonds. The summed E-state index contributed by atoms with van der Waals surface area (Å²) in [7, 11) is 4.40. The van der Waals surface area contributed by atoms with E-state index < -0.39 is 0 Å². The summed E-state index contributed by atoms with van der Waals surface area (Å²) < 4.78 is 0. The van der Waals surface area contributed by atoms with Crippen molar-refractivity contribution in [2.24, 2.45) is 0 Å². The standard InChI is InChI=1S/C6H15P.C5H5.ClH.Ni/c1-4-7(5-2)6-3;1-2-4-5-3-1;;/h4-6H2,1-3H3;1-5H;1H;/q;-1;;+1. The summed E-state index contributed by atoms with van der Waals surface area (Å²) >= 11 is 3.35. The number of hydrogen-bond donors (Lipinski definition) is 0. The molecule has 1 rings (SSSR count). The fraction of sp³-hybridized carbons (Fsp3) is 0.545. The van der Waals surface area contributed by atoms with E-state index in [9.17, 15) is 0 Å². The van der Waals surface area contributed by atoms with E-state index in [-0.39, 0.29) is 7.92 Å². The first-order valence-corrected chi connectivity index (χ1v) is 8.45. The summed E-state index contributed by atoms with van der Waals surface area (Å²) in [5.41, 5.74) is 0. The van der Waals surface area contributed by atoms with Gasteiger partial charge in [-0.15, -0.1) is 0 Å². The molecular weight excluding hydrogens is 257 g/mol. The zero-order valence-corrected chi connectivity index (χ0v) is 11.9. The van der Waals surface area contributed by atoms with Crippen molar-refractivity contribution in [3.8, 4) is 0 Å². The fourth-order valence-corrected chi connectivity index (χ4v) is 2.57. The molecule has 0 radical (unpaired) electrons.